The number of aromatic nitrogens is 4. The molecule has 2 aromatic heterocycles. The third kappa shape index (κ3) is 11.7. The van der Waals surface area contributed by atoms with Crippen molar-refractivity contribution < 1.29 is 27.8 Å². The largest absolute Gasteiger partial charge is 0.444 e. The van der Waals surface area contributed by atoms with E-state index in [1.165, 1.54) is 6.20 Å². The van der Waals surface area contributed by atoms with Gasteiger partial charge in [0.05, 0.1) is 12.4 Å². The molecule has 0 aromatic carbocycles. The number of nitrogens with zero attached hydrogens (tertiary/aromatic N) is 8. The van der Waals surface area contributed by atoms with Crippen LogP contribution in [0.5, 0.6) is 0 Å². The molecular weight excluding hydrogens is 718 g/mol. The molecule has 0 radical (unpaired) electrons. The third-order valence-electron chi connectivity index (χ3n) is 10.9. The number of carbonyl (C=O) groups is 2. The zero-order valence-electron chi connectivity index (χ0n) is 33.1. The summed E-state index contributed by atoms with van der Waals surface area (Å²) >= 11 is 5.81. The highest BCUT2D eigenvalue weighted by Crippen LogP contribution is 2.36. The van der Waals surface area contributed by atoms with Crippen LogP contribution < -0.4 is 9.80 Å². The molecule has 0 saturated carbocycles. The highest BCUT2D eigenvalue weighted by Gasteiger charge is 2.35. The Morgan fingerprint density at radius 3 is 1.31 bits per heavy atom. The van der Waals surface area contributed by atoms with E-state index in [9.17, 15) is 18.4 Å². The van der Waals surface area contributed by atoms with Crippen LogP contribution in [0.3, 0.4) is 0 Å². The molecule has 0 spiro atoms. The Kier molecular flexibility index (Phi) is 13.8. The molecule has 4 saturated heterocycles. The molecule has 0 unspecified atom stereocenters. The van der Waals surface area contributed by atoms with Gasteiger partial charge in [-0.2, -0.15) is 4.98 Å². The number of hydrogen-bond acceptors (Lipinski definition) is 10. The molecule has 6 rings (SSSR count). The SMILES string of the molecule is CC(C)(C)OC(=O)N1CCC(C2CCN(c3nc(Cl)ncc3F)CC2)CC1.Cc1ncc(F)c(N2CCC(C3CCN(C(=O)OC(C)(C)C)CC3)CC2)n1. The van der Waals surface area contributed by atoms with Crippen LogP contribution in [-0.2, 0) is 9.47 Å². The van der Waals surface area contributed by atoms with Gasteiger partial charge >= 0.3 is 12.2 Å². The summed E-state index contributed by atoms with van der Waals surface area (Å²) in [5, 5.41) is 0.0723. The number of halogens is 3. The van der Waals surface area contributed by atoms with Crippen molar-refractivity contribution in [2.75, 3.05) is 62.2 Å². The number of hydrogen-bond donors (Lipinski definition) is 0. The fourth-order valence-electron chi connectivity index (χ4n) is 8.15. The van der Waals surface area contributed by atoms with E-state index in [0.29, 0.717) is 41.1 Å². The van der Waals surface area contributed by atoms with E-state index in [1.54, 1.807) is 6.92 Å². The minimum absolute atomic E-state index is 0.0723. The molecule has 4 aliphatic rings. The van der Waals surface area contributed by atoms with Gasteiger partial charge in [-0.3, -0.25) is 0 Å². The molecule has 4 aliphatic heterocycles. The van der Waals surface area contributed by atoms with E-state index in [-0.39, 0.29) is 23.3 Å². The number of carbonyl (C=O) groups excluding carboxylic acids is 2. The van der Waals surface area contributed by atoms with Crippen LogP contribution in [0.1, 0.15) is 98.7 Å². The quantitative estimate of drug-likeness (QED) is 0.284. The number of likely N-dealkylation sites (tertiary alicyclic amines) is 2. The fourth-order valence-corrected chi connectivity index (χ4v) is 8.28. The lowest BCUT2D eigenvalue weighted by atomic mass is 9.79. The van der Waals surface area contributed by atoms with E-state index < -0.39 is 17.0 Å². The Labute approximate surface area is 324 Å². The average molecular weight is 777 g/mol. The summed E-state index contributed by atoms with van der Waals surface area (Å²) in [5.74, 6) is 3.02. The number of piperidine rings is 4. The van der Waals surface area contributed by atoms with Crippen LogP contribution in [0.15, 0.2) is 12.4 Å². The maximum atomic E-state index is 14.0. The van der Waals surface area contributed by atoms with Gasteiger partial charge in [-0.05, 0) is 135 Å². The standard InChI is InChI=1S/C20H31FN4O2.C19H28ClFN4O2/c1-14-22-13-17(21)18(23-14)24-9-5-15(6-10-24)16-7-11-25(12-8-16)19(26)27-20(2,3)4;1-19(2,3)27-18(26)25-10-6-14(7-11-25)13-4-8-24(9-5-13)16-15(21)12-22-17(20)23-16/h13,15-16H,5-12H2,1-4H3;12-14H,4-11H2,1-3H3. The molecule has 0 bridgehead atoms. The van der Waals surface area contributed by atoms with Crippen molar-refractivity contribution in [1.82, 2.24) is 29.7 Å². The molecule has 6 heterocycles. The zero-order valence-corrected chi connectivity index (χ0v) is 33.9. The van der Waals surface area contributed by atoms with E-state index in [0.717, 1.165) is 110 Å². The summed E-state index contributed by atoms with van der Waals surface area (Å²) in [6, 6.07) is 0. The molecule has 300 valence electrons. The van der Waals surface area contributed by atoms with Gasteiger partial charge in [0.2, 0.25) is 5.28 Å². The van der Waals surface area contributed by atoms with Gasteiger partial charge in [-0.1, -0.05) is 0 Å². The number of aryl methyl sites for hydroxylation is 1. The van der Waals surface area contributed by atoms with Gasteiger partial charge in [0.1, 0.15) is 17.0 Å². The minimum atomic E-state index is -0.458. The Balaban J connectivity index is 0.000000208. The van der Waals surface area contributed by atoms with Crippen molar-refractivity contribution >= 4 is 35.4 Å². The highest BCUT2D eigenvalue weighted by atomic mass is 35.5. The second kappa shape index (κ2) is 17.9. The maximum absolute atomic E-state index is 14.0. The van der Waals surface area contributed by atoms with Gasteiger partial charge in [0.15, 0.2) is 23.3 Å². The second-order valence-corrected chi connectivity index (χ2v) is 17.5. The fraction of sp³-hybridized carbons (Fsp3) is 0.744. The van der Waals surface area contributed by atoms with Crippen LogP contribution in [0.2, 0.25) is 5.28 Å². The highest BCUT2D eigenvalue weighted by molar-refractivity contribution is 6.28. The molecule has 4 fully saturated rings. The van der Waals surface area contributed by atoms with E-state index >= 15 is 0 Å². The summed E-state index contributed by atoms with van der Waals surface area (Å²) in [5.41, 5.74) is -0.907. The molecule has 2 aromatic rings. The smallest absolute Gasteiger partial charge is 0.410 e. The Morgan fingerprint density at radius 2 is 0.944 bits per heavy atom. The number of ether oxygens (including phenoxy) is 2. The van der Waals surface area contributed by atoms with Gasteiger partial charge < -0.3 is 29.1 Å². The van der Waals surface area contributed by atoms with Crippen LogP contribution in [0.4, 0.5) is 30.0 Å². The van der Waals surface area contributed by atoms with Crippen molar-refractivity contribution in [3.8, 4) is 0 Å². The van der Waals surface area contributed by atoms with Gasteiger partial charge in [0.25, 0.3) is 0 Å². The van der Waals surface area contributed by atoms with Gasteiger partial charge in [0, 0.05) is 52.4 Å². The van der Waals surface area contributed by atoms with Crippen LogP contribution in [0, 0.1) is 42.2 Å². The van der Waals surface area contributed by atoms with Crippen molar-refractivity contribution in [2.45, 2.75) is 111 Å². The summed E-state index contributed by atoms with van der Waals surface area (Å²) in [7, 11) is 0. The lowest BCUT2D eigenvalue weighted by Crippen LogP contribution is -2.44. The Bertz CT molecular complexity index is 1440. The summed E-state index contributed by atoms with van der Waals surface area (Å²) in [4.78, 5) is 47.9. The van der Waals surface area contributed by atoms with Crippen LogP contribution in [-0.4, -0.2) is 105 Å². The van der Waals surface area contributed by atoms with E-state index in [4.69, 9.17) is 21.1 Å². The summed E-state index contributed by atoms with van der Waals surface area (Å²) in [6.07, 6.45) is 10.1. The predicted molar refractivity (Wildman–Crippen MR) is 205 cm³/mol. The molecule has 0 N–H and O–H groups in total. The molecule has 0 atom stereocenters. The normalized spacial score (nSPS) is 20.0. The Hall–Kier alpha value is -3.55. The minimum Gasteiger partial charge on any atom is -0.444 e. The van der Waals surface area contributed by atoms with Crippen molar-refractivity contribution in [2.24, 2.45) is 23.7 Å². The molecule has 15 heteroatoms. The second-order valence-electron chi connectivity index (χ2n) is 17.2. The average Bonchev–Trinajstić information content (AvgIpc) is 3.13. The van der Waals surface area contributed by atoms with E-state index in [1.807, 2.05) is 61.1 Å². The molecule has 54 heavy (non-hydrogen) atoms. The van der Waals surface area contributed by atoms with Crippen LogP contribution >= 0.6 is 11.6 Å². The topological polar surface area (TPSA) is 117 Å². The Morgan fingerprint density at radius 1 is 0.611 bits per heavy atom. The molecule has 2 amide bonds. The first kappa shape index (κ1) is 41.6. The van der Waals surface area contributed by atoms with Crippen molar-refractivity contribution in [1.29, 1.82) is 0 Å². The predicted octanol–water partition coefficient (Wildman–Crippen LogP) is 7.92. The number of rotatable bonds is 4. The first-order valence-corrected chi connectivity index (χ1v) is 20.0. The zero-order chi connectivity index (χ0) is 39.2. The van der Waals surface area contributed by atoms with Gasteiger partial charge in [-0.25, -0.2) is 33.3 Å². The maximum Gasteiger partial charge on any atom is 0.410 e. The van der Waals surface area contributed by atoms with Crippen molar-refractivity contribution in [3.05, 3.63) is 35.1 Å². The van der Waals surface area contributed by atoms with Crippen LogP contribution in [0.25, 0.3) is 0 Å². The number of amides is 2. The molecule has 12 nitrogen and oxygen atoms in total. The first-order chi connectivity index (χ1) is 25.5. The lowest BCUT2D eigenvalue weighted by molar-refractivity contribution is 0.0142. The van der Waals surface area contributed by atoms with Gasteiger partial charge in [-0.15, -0.1) is 0 Å². The third-order valence-corrected chi connectivity index (χ3v) is 11.1. The summed E-state index contributed by atoms with van der Waals surface area (Å²) < 4.78 is 38.9. The number of anilines is 2. The monoisotopic (exact) mass is 776 g/mol. The first-order valence-electron chi connectivity index (χ1n) is 19.6. The van der Waals surface area contributed by atoms with E-state index in [2.05, 4.69) is 19.9 Å². The van der Waals surface area contributed by atoms with Crippen molar-refractivity contribution in [3.63, 3.8) is 0 Å². The summed E-state index contributed by atoms with van der Waals surface area (Å²) in [6.45, 7) is 19.3. The molecular formula is C39H59ClF2N8O4. The lowest BCUT2D eigenvalue weighted by Gasteiger charge is -2.40. The molecule has 0 aliphatic carbocycles.